The summed E-state index contributed by atoms with van der Waals surface area (Å²) < 4.78 is 5.42. The van der Waals surface area contributed by atoms with E-state index in [1.807, 2.05) is 30.3 Å². The highest BCUT2D eigenvalue weighted by molar-refractivity contribution is 5.97. The summed E-state index contributed by atoms with van der Waals surface area (Å²) in [4.78, 5) is 15.0. The van der Waals surface area contributed by atoms with E-state index < -0.39 is 0 Å². The van der Waals surface area contributed by atoms with Gasteiger partial charge in [0.05, 0.1) is 6.61 Å². The lowest BCUT2D eigenvalue weighted by Gasteiger charge is -2.07. The molecule has 0 saturated heterocycles. The summed E-state index contributed by atoms with van der Waals surface area (Å²) in [6, 6.07) is 9.70. The largest absolute Gasteiger partial charge is 0.379 e. The molecule has 0 aliphatic heterocycles. The zero-order valence-corrected chi connectivity index (χ0v) is 11.4. The third-order valence-electron chi connectivity index (χ3n) is 2.76. The minimum Gasteiger partial charge on any atom is -0.379 e. The third kappa shape index (κ3) is 3.83. The second-order valence-corrected chi connectivity index (χ2v) is 4.99. The predicted molar refractivity (Wildman–Crippen MR) is 76.3 cm³/mol. The first-order valence-corrected chi connectivity index (χ1v) is 6.60. The van der Waals surface area contributed by atoms with E-state index in [9.17, 15) is 4.79 Å². The fourth-order valence-electron chi connectivity index (χ4n) is 1.85. The van der Waals surface area contributed by atoms with Gasteiger partial charge < -0.3 is 15.0 Å². The van der Waals surface area contributed by atoms with E-state index in [1.165, 1.54) is 0 Å². The van der Waals surface area contributed by atoms with Gasteiger partial charge in [0.2, 0.25) is 0 Å². The topological polar surface area (TPSA) is 54.1 Å². The number of aromatic amines is 1. The molecule has 1 aromatic heterocycles. The van der Waals surface area contributed by atoms with Crippen LogP contribution in [0.15, 0.2) is 30.3 Å². The number of nitrogens with one attached hydrogen (secondary N) is 2. The van der Waals surface area contributed by atoms with Crippen molar-refractivity contribution in [2.45, 2.75) is 13.8 Å². The number of carbonyl (C=O) groups is 1. The normalized spacial score (nSPS) is 11.1. The highest BCUT2D eigenvalue weighted by Crippen LogP contribution is 2.14. The summed E-state index contributed by atoms with van der Waals surface area (Å²) in [5.41, 5.74) is 1.56. The van der Waals surface area contributed by atoms with Crippen LogP contribution in [0.25, 0.3) is 10.9 Å². The van der Waals surface area contributed by atoms with Crippen LogP contribution in [0.4, 0.5) is 0 Å². The Morgan fingerprint density at radius 3 is 2.89 bits per heavy atom. The van der Waals surface area contributed by atoms with Crippen LogP contribution in [0.3, 0.4) is 0 Å². The van der Waals surface area contributed by atoms with Crippen LogP contribution in [0.1, 0.15) is 24.3 Å². The molecule has 0 atom stereocenters. The summed E-state index contributed by atoms with van der Waals surface area (Å²) in [6.45, 7) is 6.00. The zero-order valence-electron chi connectivity index (χ0n) is 11.4. The minimum atomic E-state index is -0.0932. The van der Waals surface area contributed by atoms with E-state index in [0.717, 1.165) is 17.5 Å². The molecule has 2 aromatic rings. The van der Waals surface area contributed by atoms with Crippen molar-refractivity contribution < 1.29 is 9.53 Å². The summed E-state index contributed by atoms with van der Waals surface area (Å²) in [7, 11) is 0. The number of fused-ring (bicyclic) bond motifs is 1. The Hall–Kier alpha value is -1.81. The average molecular weight is 260 g/mol. The Labute approximate surface area is 113 Å². The number of amides is 1. The molecule has 19 heavy (non-hydrogen) atoms. The zero-order chi connectivity index (χ0) is 13.7. The van der Waals surface area contributed by atoms with Crippen LogP contribution < -0.4 is 5.32 Å². The lowest BCUT2D eigenvalue weighted by Crippen LogP contribution is -2.27. The molecule has 2 N–H and O–H groups in total. The van der Waals surface area contributed by atoms with Crippen LogP contribution in [0, 0.1) is 5.92 Å². The van der Waals surface area contributed by atoms with E-state index >= 15 is 0 Å². The molecule has 2 rings (SSSR count). The average Bonchev–Trinajstić information content (AvgIpc) is 2.81. The Balaban J connectivity index is 1.83. The molecule has 0 spiro atoms. The highest BCUT2D eigenvalue weighted by atomic mass is 16.5. The van der Waals surface area contributed by atoms with Crippen LogP contribution in [-0.2, 0) is 4.74 Å². The second kappa shape index (κ2) is 6.38. The molecule has 0 radical (unpaired) electrons. The molecule has 1 heterocycles. The van der Waals surface area contributed by atoms with Crippen molar-refractivity contribution in [3.63, 3.8) is 0 Å². The van der Waals surface area contributed by atoms with Crippen LogP contribution in [-0.4, -0.2) is 30.6 Å². The van der Waals surface area contributed by atoms with Gasteiger partial charge in [-0.25, -0.2) is 0 Å². The van der Waals surface area contributed by atoms with Gasteiger partial charge in [0.25, 0.3) is 5.91 Å². The fourth-order valence-corrected chi connectivity index (χ4v) is 1.85. The molecule has 0 saturated carbocycles. The van der Waals surface area contributed by atoms with Gasteiger partial charge >= 0.3 is 0 Å². The quantitative estimate of drug-likeness (QED) is 0.784. The van der Waals surface area contributed by atoms with Gasteiger partial charge in [-0.1, -0.05) is 32.0 Å². The Bertz CT molecular complexity index is 513. The van der Waals surface area contributed by atoms with E-state index in [0.29, 0.717) is 24.8 Å². The van der Waals surface area contributed by atoms with Crippen molar-refractivity contribution in [1.82, 2.24) is 10.3 Å². The number of hydrogen-bond donors (Lipinski definition) is 2. The summed E-state index contributed by atoms with van der Waals surface area (Å²) in [6.07, 6.45) is 0. The number of rotatable bonds is 6. The predicted octanol–water partition coefficient (Wildman–Crippen LogP) is 2.57. The molecule has 0 unspecified atom stereocenters. The van der Waals surface area contributed by atoms with Crippen molar-refractivity contribution in [2.75, 3.05) is 19.8 Å². The molecule has 4 heteroatoms. The van der Waals surface area contributed by atoms with E-state index in [4.69, 9.17) is 4.74 Å². The number of H-pyrrole nitrogens is 1. The van der Waals surface area contributed by atoms with Crippen molar-refractivity contribution in [2.24, 2.45) is 5.92 Å². The standard InChI is InChI=1S/C15H20N2O2/c1-11(2)10-19-8-7-16-15(18)14-9-12-5-3-4-6-13(12)17-14/h3-6,9,11,17H,7-8,10H2,1-2H3,(H,16,18). The van der Waals surface area contributed by atoms with Crippen LogP contribution in [0.5, 0.6) is 0 Å². The number of ether oxygens (including phenoxy) is 1. The SMILES string of the molecule is CC(C)COCCNC(=O)c1cc2ccccc2[nH]1. The van der Waals surface area contributed by atoms with Gasteiger partial charge in [-0.2, -0.15) is 0 Å². The maximum Gasteiger partial charge on any atom is 0.267 e. The number of para-hydroxylation sites is 1. The summed E-state index contributed by atoms with van der Waals surface area (Å²) >= 11 is 0. The molecule has 0 bridgehead atoms. The van der Waals surface area contributed by atoms with Gasteiger partial charge in [0.1, 0.15) is 5.69 Å². The maximum absolute atomic E-state index is 11.9. The van der Waals surface area contributed by atoms with Gasteiger partial charge in [0.15, 0.2) is 0 Å². The highest BCUT2D eigenvalue weighted by Gasteiger charge is 2.08. The number of benzene rings is 1. The second-order valence-electron chi connectivity index (χ2n) is 4.99. The van der Waals surface area contributed by atoms with Gasteiger partial charge in [0, 0.05) is 24.1 Å². The van der Waals surface area contributed by atoms with Crippen LogP contribution >= 0.6 is 0 Å². The first-order chi connectivity index (χ1) is 9.16. The minimum absolute atomic E-state index is 0.0932. The lowest BCUT2D eigenvalue weighted by atomic mass is 10.2. The first-order valence-electron chi connectivity index (χ1n) is 6.60. The molecule has 4 nitrogen and oxygen atoms in total. The molecule has 0 fully saturated rings. The molecule has 102 valence electrons. The smallest absolute Gasteiger partial charge is 0.267 e. The molecular formula is C15H20N2O2. The van der Waals surface area contributed by atoms with Gasteiger partial charge in [-0.15, -0.1) is 0 Å². The van der Waals surface area contributed by atoms with Gasteiger partial charge in [-0.05, 0) is 18.1 Å². The monoisotopic (exact) mass is 260 g/mol. The lowest BCUT2D eigenvalue weighted by molar-refractivity contribution is 0.0883. The maximum atomic E-state index is 11.9. The summed E-state index contributed by atoms with van der Waals surface area (Å²) in [5, 5.41) is 3.88. The van der Waals surface area contributed by atoms with Crippen molar-refractivity contribution in [3.05, 3.63) is 36.0 Å². The molecule has 0 aliphatic rings. The van der Waals surface area contributed by atoms with Crippen molar-refractivity contribution in [1.29, 1.82) is 0 Å². The van der Waals surface area contributed by atoms with E-state index in [2.05, 4.69) is 24.1 Å². The number of hydrogen-bond acceptors (Lipinski definition) is 2. The van der Waals surface area contributed by atoms with Crippen molar-refractivity contribution >= 4 is 16.8 Å². The summed E-state index contributed by atoms with van der Waals surface area (Å²) in [5.74, 6) is 0.425. The van der Waals surface area contributed by atoms with Crippen molar-refractivity contribution in [3.8, 4) is 0 Å². The van der Waals surface area contributed by atoms with E-state index in [1.54, 1.807) is 0 Å². The number of carbonyl (C=O) groups excluding carboxylic acids is 1. The van der Waals surface area contributed by atoms with E-state index in [-0.39, 0.29) is 5.91 Å². The molecule has 1 aromatic carbocycles. The van der Waals surface area contributed by atoms with Gasteiger partial charge in [-0.3, -0.25) is 4.79 Å². The first kappa shape index (κ1) is 13.6. The molecule has 1 amide bonds. The Morgan fingerprint density at radius 1 is 1.37 bits per heavy atom. The van der Waals surface area contributed by atoms with Crippen LogP contribution in [0.2, 0.25) is 0 Å². The fraction of sp³-hybridized carbons (Fsp3) is 0.400. The third-order valence-corrected chi connectivity index (χ3v) is 2.76. The molecule has 0 aliphatic carbocycles. The molecular weight excluding hydrogens is 240 g/mol. The Kier molecular flexibility index (Phi) is 4.58. The Morgan fingerprint density at radius 2 is 2.16 bits per heavy atom. The number of aromatic nitrogens is 1.